The maximum atomic E-state index is 12.4. The molecule has 1 aliphatic rings. The quantitative estimate of drug-likeness (QED) is 0.469. The summed E-state index contributed by atoms with van der Waals surface area (Å²) < 4.78 is 5.98. The van der Waals surface area contributed by atoms with Crippen LogP contribution >= 0.6 is 0 Å². The highest BCUT2D eigenvalue weighted by atomic mass is 16.5. The molecule has 1 heterocycles. The Morgan fingerprint density at radius 1 is 1.40 bits per heavy atom. The number of quaternary nitrogens is 1. The van der Waals surface area contributed by atoms with Gasteiger partial charge in [0.05, 0.1) is 26.1 Å². The van der Waals surface area contributed by atoms with Gasteiger partial charge in [-0.2, -0.15) is 0 Å². The maximum Gasteiger partial charge on any atom is 0.365 e. The predicted molar refractivity (Wildman–Crippen MR) is 80.3 cm³/mol. The molecule has 0 radical (unpaired) electrons. The zero-order chi connectivity index (χ0) is 14.8. The lowest BCUT2D eigenvalue weighted by atomic mass is 9.73. The minimum absolute atomic E-state index is 0.0937. The molecule has 3 nitrogen and oxygen atoms in total. The van der Waals surface area contributed by atoms with Crippen LogP contribution in [0.2, 0.25) is 0 Å². The molecule has 0 unspecified atom stereocenters. The van der Waals surface area contributed by atoms with Gasteiger partial charge in [-0.05, 0) is 25.5 Å². The minimum Gasteiger partial charge on any atom is -0.462 e. The molecule has 3 heteroatoms. The van der Waals surface area contributed by atoms with Gasteiger partial charge < -0.3 is 9.22 Å². The Bertz CT molecular complexity index is 485. The lowest BCUT2D eigenvalue weighted by Gasteiger charge is -2.58. The summed E-state index contributed by atoms with van der Waals surface area (Å²) in [6, 6.07) is 10.5. The molecular weight excluding hydrogens is 250 g/mol. The highest BCUT2D eigenvalue weighted by Crippen LogP contribution is 2.46. The van der Waals surface area contributed by atoms with E-state index in [2.05, 4.69) is 32.7 Å². The molecule has 4 atom stereocenters. The van der Waals surface area contributed by atoms with Crippen molar-refractivity contribution < 1.29 is 14.0 Å². The number of carbonyl (C=O) groups excluding carboxylic acids is 1. The van der Waals surface area contributed by atoms with Gasteiger partial charge in [-0.15, -0.1) is 0 Å². The molecule has 1 fully saturated rings. The Kier molecular flexibility index (Phi) is 4.29. The first kappa shape index (κ1) is 14.8. The number of likely N-dealkylation sites (tertiary alicyclic amines) is 1. The molecule has 0 bridgehead atoms. The number of carbonyl (C=O) groups is 1. The van der Waals surface area contributed by atoms with E-state index in [-0.39, 0.29) is 17.9 Å². The predicted octanol–water partition coefficient (Wildman–Crippen LogP) is 2.74. The van der Waals surface area contributed by atoms with E-state index in [9.17, 15) is 4.79 Å². The van der Waals surface area contributed by atoms with Crippen molar-refractivity contribution in [2.45, 2.75) is 31.8 Å². The van der Waals surface area contributed by atoms with Gasteiger partial charge in [-0.3, -0.25) is 0 Å². The first-order valence-corrected chi connectivity index (χ1v) is 7.23. The van der Waals surface area contributed by atoms with E-state index in [0.29, 0.717) is 17.1 Å². The van der Waals surface area contributed by atoms with E-state index >= 15 is 0 Å². The molecule has 1 aromatic rings. The third kappa shape index (κ3) is 2.27. The Labute approximate surface area is 121 Å². The maximum absolute atomic E-state index is 12.4. The van der Waals surface area contributed by atoms with Crippen molar-refractivity contribution in [2.75, 3.05) is 20.2 Å². The second-order valence-corrected chi connectivity index (χ2v) is 5.69. The lowest BCUT2D eigenvalue weighted by molar-refractivity contribution is -0.987. The van der Waals surface area contributed by atoms with Gasteiger partial charge >= 0.3 is 5.97 Å². The molecule has 0 saturated carbocycles. The van der Waals surface area contributed by atoms with Gasteiger partial charge in [-0.1, -0.05) is 36.9 Å². The Balaban J connectivity index is 2.32. The van der Waals surface area contributed by atoms with E-state index in [4.69, 9.17) is 4.74 Å². The van der Waals surface area contributed by atoms with Crippen molar-refractivity contribution in [3.05, 3.63) is 48.6 Å². The highest BCUT2D eigenvalue weighted by Gasteiger charge is 2.62. The Morgan fingerprint density at radius 3 is 2.60 bits per heavy atom. The van der Waals surface area contributed by atoms with E-state index in [1.165, 1.54) is 5.56 Å². The second kappa shape index (κ2) is 5.80. The number of benzene rings is 1. The zero-order valence-electron chi connectivity index (χ0n) is 12.6. The summed E-state index contributed by atoms with van der Waals surface area (Å²) in [7, 11) is 2.12. The van der Waals surface area contributed by atoms with Crippen molar-refractivity contribution in [1.29, 1.82) is 0 Å². The summed E-state index contributed by atoms with van der Waals surface area (Å²) >= 11 is 0. The number of hydrogen-bond donors (Lipinski definition) is 0. The summed E-state index contributed by atoms with van der Waals surface area (Å²) in [6.07, 6.45) is 1.89. The van der Waals surface area contributed by atoms with E-state index < -0.39 is 0 Å². The summed E-state index contributed by atoms with van der Waals surface area (Å²) in [5, 5.41) is 0. The third-order valence-electron chi connectivity index (χ3n) is 4.66. The molecule has 1 aliphatic heterocycles. The largest absolute Gasteiger partial charge is 0.462 e. The van der Waals surface area contributed by atoms with Crippen molar-refractivity contribution in [3.63, 3.8) is 0 Å². The summed E-state index contributed by atoms with van der Waals surface area (Å²) in [5.74, 6) is 0.129. The second-order valence-electron chi connectivity index (χ2n) is 5.69. The molecule has 20 heavy (non-hydrogen) atoms. The molecule has 1 saturated heterocycles. The van der Waals surface area contributed by atoms with Crippen LogP contribution in [0.3, 0.4) is 0 Å². The minimum atomic E-state index is -0.134. The molecule has 2 rings (SSSR count). The van der Waals surface area contributed by atoms with Crippen LogP contribution in [0, 0.1) is 0 Å². The van der Waals surface area contributed by atoms with E-state index in [0.717, 1.165) is 6.54 Å². The van der Waals surface area contributed by atoms with Gasteiger partial charge in [0.15, 0.2) is 0 Å². The van der Waals surface area contributed by atoms with Crippen LogP contribution in [-0.4, -0.2) is 42.7 Å². The van der Waals surface area contributed by atoms with Crippen molar-refractivity contribution in [3.8, 4) is 0 Å². The average molecular weight is 274 g/mol. The number of nitrogens with zero attached hydrogens (tertiary/aromatic N) is 1. The van der Waals surface area contributed by atoms with Crippen molar-refractivity contribution >= 4 is 5.97 Å². The third-order valence-corrected chi connectivity index (χ3v) is 4.66. The van der Waals surface area contributed by atoms with Crippen LogP contribution in [0.1, 0.15) is 25.3 Å². The Hall–Kier alpha value is -1.61. The van der Waals surface area contributed by atoms with E-state index in [1.54, 1.807) is 0 Å². The SMILES string of the molecule is C=CC[N@+]1(C)[C@H](C(=O)OCC)[C@@H](c2ccccc2)[C@@H]1C. The number of ether oxygens (including phenoxy) is 1. The Morgan fingerprint density at radius 2 is 2.05 bits per heavy atom. The van der Waals surface area contributed by atoms with Gasteiger partial charge in [-0.25, -0.2) is 4.79 Å². The summed E-state index contributed by atoms with van der Waals surface area (Å²) in [4.78, 5) is 12.4. The van der Waals surface area contributed by atoms with Crippen molar-refractivity contribution in [2.24, 2.45) is 0 Å². The van der Waals surface area contributed by atoms with E-state index in [1.807, 2.05) is 31.2 Å². The van der Waals surface area contributed by atoms with Crippen LogP contribution in [0.4, 0.5) is 0 Å². The van der Waals surface area contributed by atoms with Crippen LogP contribution in [0.15, 0.2) is 43.0 Å². The fraction of sp³-hybridized carbons (Fsp3) is 0.471. The fourth-order valence-electron chi connectivity index (χ4n) is 3.46. The molecular formula is C17H24NO2+. The zero-order valence-corrected chi connectivity index (χ0v) is 12.6. The molecule has 0 amide bonds. The van der Waals surface area contributed by atoms with Gasteiger partial charge in [0.2, 0.25) is 6.04 Å². The first-order valence-electron chi connectivity index (χ1n) is 7.23. The average Bonchev–Trinajstić information content (AvgIpc) is 2.45. The van der Waals surface area contributed by atoms with Crippen LogP contribution in [0.5, 0.6) is 0 Å². The standard InChI is InChI=1S/C17H24NO2/c1-5-12-18(4)13(3)15(14-10-8-7-9-11-14)16(18)17(19)20-6-2/h5,7-11,13,15-16H,1,6,12H2,2-4H3/q+1/t13-,15+,16-,18-/m0/s1. The molecule has 0 spiro atoms. The smallest absolute Gasteiger partial charge is 0.365 e. The molecule has 0 aliphatic carbocycles. The number of rotatable bonds is 5. The van der Waals surface area contributed by atoms with Gasteiger partial charge in [0, 0.05) is 0 Å². The monoisotopic (exact) mass is 274 g/mol. The molecule has 108 valence electrons. The first-order chi connectivity index (χ1) is 9.56. The van der Waals surface area contributed by atoms with Crippen molar-refractivity contribution in [1.82, 2.24) is 0 Å². The summed E-state index contributed by atoms with van der Waals surface area (Å²) in [6.45, 7) is 9.11. The van der Waals surface area contributed by atoms with Crippen LogP contribution in [0.25, 0.3) is 0 Å². The van der Waals surface area contributed by atoms with Crippen LogP contribution < -0.4 is 0 Å². The summed E-state index contributed by atoms with van der Waals surface area (Å²) in [5.41, 5.74) is 1.22. The molecule has 0 N–H and O–H groups in total. The molecule has 1 aromatic carbocycles. The highest BCUT2D eigenvalue weighted by molar-refractivity contribution is 5.77. The lowest BCUT2D eigenvalue weighted by Crippen LogP contribution is -2.75. The topological polar surface area (TPSA) is 26.3 Å². The van der Waals surface area contributed by atoms with Crippen LogP contribution in [-0.2, 0) is 9.53 Å². The number of esters is 1. The fourth-order valence-corrected chi connectivity index (χ4v) is 3.46. The normalized spacial score (nSPS) is 32.2. The number of hydrogen-bond acceptors (Lipinski definition) is 2. The van der Waals surface area contributed by atoms with Gasteiger partial charge in [0.25, 0.3) is 0 Å². The van der Waals surface area contributed by atoms with Gasteiger partial charge in [0.1, 0.15) is 6.04 Å². The number of likely N-dealkylation sites (N-methyl/N-ethyl adjacent to an activating group) is 1. The molecule has 0 aromatic heterocycles.